The average Bonchev–Trinajstić information content (AvgIpc) is 3.65. The van der Waals surface area contributed by atoms with E-state index in [2.05, 4.69) is 0 Å². The van der Waals surface area contributed by atoms with Crippen molar-refractivity contribution in [3.05, 3.63) is 182 Å². The van der Waals surface area contributed by atoms with Crippen LogP contribution in [0.4, 0.5) is 0 Å². The Bertz CT molecular complexity index is 3240. The van der Waals surface area contributed by atoms with Crippen molar-refractivity contribution in [3.8, 4) is 62.1 Å². The number of para-hydroxylation sites is 2. The third kappa shape index (κ3) is 5.35. The summed E-state index contributed by atoms with van der Waals surface area (Å²) in [6.45, 7) is 0. The van der Waals surface area contributed by atoms with Gasteiger partial charge in [0.1, 0.15) is 0 Å². The molecular formula is C45H30N4. The molecule has 0 unspecified atom stereocenters. The van der Waals surface area contributed by atoms with Gasteiger partial charge >= 0.3 is 0 Å². The van der Waals surface area contributed by atoms with Crippen molar-refractivity contribution in [2.24, 2.45) is 0 Å². The van der Waals surface area contributed by atoms with Crippen LogP contribution in [0.5, 0.6) is 0 Å². The van der Waals surface area contributed by atoms with E-state index in [0.717, 1.165) is 26.8 Å². The third-order valence-corrected chi connectivity index (χ3v) is 8.21. The van der Waals surface area contributed by atoms with E-state index in [-0.39, 0.29) is 44.8 Å². The van der Waals surface area contributed by atoms with Gasteiger partial charge in [0, 0.05) is 33.2 Å². The lowest BCUT2D eigenvalue weighted by molar-refractivity contribution is 1.07. The second-order valence-corrected chi connectivity index (χ2v) is 11.2. The SMILES string of the molecule is [2H]c1c([2H])c([2H])c(-n2c3c([2H])c([2H])c([2H])c([2H])c3c3c([2H])c([2H])c(-c4nc(-c5ccc(-c6ccccc6)cc5)nc(-c5cccc(-c6ccccc6)c5)n4)c([2H])c32)c([2H])c1[2H]. The second kappa shape index (κ2) is 12.2. The molecule has 0 N–H and O–H groups in total. The number of benzene rings is 7. The molecule has 0 bridgehead atoms. The molecular weight excluding hydrogens is 597 g/mol. The van der Waals surface area contributed by atoms with Crippen LogP contribution < -0.4 is 0 Å². The summed E-state index contributed by atoms with van der Waals surface area (Å²) in [4.78, 5) is 14.5. The highest BCUT2D eigenvalue weighted by molar-refractivity contribution is 6.10. The Kier molecular flexibility index (Phi) is 4.63. The Balaban J connectivity index is 1.38. The second-order valence-electron chi connectivity index (χ2n) is 11.2. The number of fused-ring (bicyclic) bond motifs is 3. The summed E-state index contributed by atoms with van der Waals surface area (Å²) in [6, 6.07) is 26.8. The Hall–Kier alpha value is -6.65. The maximum Gasteiger partial charge on any atom is 0.164 e. The van der Waals surface area contributed by atoms with Crippen LogP contribution in [0, 0.1) is 0 Å². The highest BCUT2D eigenvalue weighted by Crippen LogP contribution is 2.35. The molecule has 230 valence electrons. The van der Waals surface area contributed by atoms with E-state index >= 15 is 0 Å². The van der Waals surface area contributed by atoms with E-state index < -0.39 is 78.2 Å². The van der Waals surface area contributed by atoms with Crippen LogP contribution in [-0.2, 0) is 0 Å². The van der Waals surface area contributed by atoms with E-state index in [9.17, 15) is 4.11 Å². The first-order valence-electron chi connectivity index (χ1n) is 21.5. The van der Waals surface area contributed by atoms with Gasteiger partial charge in [-0.3, -0.25) is 0 Å². The topological polar surface area (TPSA) is 43.6 Å². The first-order valence-corrected chi connectivity index (χ1v) is 15.5. The van der Waals surface area contributed by atoms with E-state index in [1.807, 2.05) is 109 Å². The zero-order valence-corrected chi connectivity index (χ0v) is 25.7. The third-order valence-electron chi connectivity index (χ3n) is 8.21. The largest absolute Gasteiger partial charge is 0.309 e. The number of hydrogen-bond acceptors (Lipinski definition) is 3. The van der Waals surface area contributed by atoms with Gasteiger partial charge in [0.25, 0.3) is 0 Å². The Morgan fingerprint density at radius 3 is 1.65 bits per heavy atom. The molecule has 4 nitrogen and oxygen atoms in total. The number of hydrogen-bond donors (Lipinski definition) is 0. The number of aromatic nitrogens is 4. The van der Waals surface area contributed by atoms with Crippen LogP contribution in [0.2, 0.25) is 0 Å². The summed E-state index contributed by atoms with van der Waals surface area (Å²) >= 11 is 0. The molecule has 9 aromatic rings. The van der Waals surface area contributed by atoms with Gasteiger partial charge in [-0.25, -0.2) is 15.0 Å². The summed E-state index contributed by atoms with van der Waals surface area (Å²) in [5, 5.41) is -0.492. The minimum atomic E-state index is -0.718. The number of nitrogens with zero attached hydrogens (tertiary/aromatic N) is 4. The Morgan fingerprint density at radius 2 is 0.918 bits per heavy atom. The van der Waals surface area contributed by atoms with Gasteiger partial charge < -0.3 is 4.57 Å². The van der Waals surface area contributed by atoms with Gasteiger partial charge in [-0.15, -0.1) is 0 Å². The molecule has 0 saturated heterocycles. The van der Waals surface area contributed by atoms with E-state index in [0.29, 0.717) is 11.1 Å². The Morgan fingerprint density at radius 1 is 0.388 bits per heavy atom. The minimum Gasteiger partial charge on any atom is -0.309 e. The molecule has 0 aliphatic rings. The highest BCUT2D eigenvalue weighted by atomic mass is 15.0. The smallest absolute Gasteiger partial charge is 0.164 e. The normalized spacial score (nSPS) is 14.7. The van der Waals surface area contributed by atoms with Gasteiger partial charge in [0.15, 0.2) is 17.5 Å². The van der Waals surface area contributed by atoms with Crippen molar-refractivity contribution in [2.45, 2.75) is 0 Å². The first kappa shape index (κ1) is 18.6. The van der Waals surface area contributed by atoms with E-state index in [1.54, 1.807) is 0 Å². The van der Waals surface area contributed by atoms with Gasteiger partial charge in [-0.2, -0.15) is 0 Å². The molecule has 0 atom stereocenters. The van der Waals surface area contributed by atoms with Crippen molar-refractivity contribution in [1.82, 2.24) is 19.5 Å². The monoisotopic (exact) mass is 638 g/mol. The molecule has 4 heteroatoms. The van der Waals surface area contributed by atoms with Gasteiger partial charge in [0.2, 0.25) is 0 Å². The molecule has 0 aliphatic carbocycles. The zero-order chi connectivity index (χ0) is 43.0. The minimum absolute atomic E-state index is 0.180. The van der Waals surface area contributed by atoms with Crippen molar-refractivity contribution >= 4 is 21.8 Å². The van der Waals surface area contributed by atoms with Gasteiger partial charge in [-0.1, -0.05) is 151 Å². The van der Waals surface area contributed by atoms with Crippen molar-refractivity contribution in [3.63, 3.8) is 0 Å². The van der Waals surface area contributed by atoms with Crippen molar-refractivity contribution in [2.75, 3.05) is 0 Å². The lowest BCUT2D eigenvalue weighted by Crippen LogP contribution is -2.01. The molecule has 2 aromatic heterocycles. The van der Waals surface area contributed by atoms with Crippen LogP contribution in [0.25, 0.3) is 83.9 Å². The Labute approximate surface area is 301 Å². The van der Waals surface area contributed by atoms with Crippen LogP contribution >= 0.6 is 0 Å². The molecule has 2 heterocycles. The molecule has 0 spiro atoms. The van der Waals surface area contributed by atoms with Crippen LogP contribution in [0.1, 0.15) is 16.4 Å². The highest BCUT2D eigenvalue weighted by Gasteiger charge is 2.17. The quantitative estimate of drug-likeness (QED) is 0.182. The summed E-state index contributed by atoms with van der Waals surface area (Å²) < 4.78 is 108. The molecule has 9 rings (SSSR count). The van der Waals surface area contributed by atoms with Crippen molar-refractivity contribution < 1.29 is 16.4 Å². The van der Waals surface area contributed by atoms with E-state index in [1.165, 1.54) is 0 Å². The van der Waals surface area contributed by atoms with Crippen LogP contribution in [0.3, 0.4) is 0 Å². The average molecular weight is 639 g/mol. The van der Waals surface area contributed by atoms with Crippen LogP contribution in [-0.4, -0.2) is 19.5 Å². The summed E-state index contributed by atoms with van der Waals surface area (Å²) in [7, 11) is 0. The van der Waals surface area contributed by atoms with Crippen LogP contribution in [0.15, 0.2) is 182 Å². The lowest BCUT2D eigenvalue weighted by atomic mass is 10.0. The maximum absolute atomic E-state index is 9.80. The number of rotatable bonds is 6. The summed E-state index contributed by atoms with van der Waals surface area (Å²) in [5.74, 6) is 0.182. The molecule has 49 heavy (non-hydrogen) atoms. The lowest BCUT2D eigenvalue weighted by Gasteiger charge is -2.11. The molecule has 0 fully saturated rings. The molecule has 0 amide bonds. The fourth-order valence-electron chi connectivity index (χ4n) is 5.86. The molecule has 0 aliphatic heterocycles. The zero-order valence-electron chi connectivity index (χ0n) is 37.7. The van der Waals surface area contributed by atoms with Crippen molar-refractivity contribution in [1.29, 1.82) is 0 Å². The molecule has 0 radical (unpaired) electrons. The molecule has 0 saturated carbocycles. The predicted octanol–water partition coefficient (Wildman–Crippen LogP) is 11.3. The fourth-order valence-corrected chi connectivity index (χ4v) is 5.86. The first-order chi connectivity index (χ1) is 29.3. The van der Waals surface area contributed by atoms with Gasteiger partial charge in [0.05, 0.1) is 27.5 Å². The standard InChI is InChI=1S/C45H30N4/c1-4-13-31(14-5-1)33-23-25-34(26-24-33)43-46-44(36-18-12-17-35(29-36)32-15-6-2-7-16-32)48-45(47-43)37-27-28-40-39-21-10-11-22-41(39)49(42(40)30-37)38-19-8-3-9-20-38/h1-30H/i3D,8D,9D,10D,11D,19D,20D,21D,22D,27D,28D,30D. The fraction of sp³-hybridized carbons (Fsp3) is 0. The molecule has 7 aromatic carbocycles. The summed E-state index contributed by atoms with van der Waals surface area (Å²) in [5.41, 5.74) is 3.51. The van der Waals surface area contributed by atoms with E-state index in [4.69, 9.17) is 27.3 Å². The maximum atomic E-state index is 9.80. The predicted molar refractivity (Wildman–Crippen MR) is 201 cm³/mol. The van der Waals surface area contributed by atoms with Gasteiger partial charge in [-0.05, 0) is 52.5 Å². The summed E-state index contributed by atoms with van der Waals surface area (Å²) in [6.07, 6.45) is 0.